The van der Waals surface area contributed by atoms with Gasteiger partial charge in [0, 0.05) is 6.54 Å². The van der Waals surface area contributed by atoms with Crippen LogP contribution in [0, 0.1) is 5.92 Å². The third-order valence-electron chi connectivity index (χ3n) is 5.07. The Bertz CT molecular complexity index is 336. The molecule has 1 amide bonds. The average Bonchev–Trinajstić information content (AvgIpc) is 2.97. The summed E-state index contributed by atoms with van der Waals surface area (Å²) in [5.41, 5.74) is -0.676. The lowest BCUT2D eigenvalue weighted by Crippen LogP contribution is -2.46. The molecule has 0 unspecified atom stereocenters. The van der Waals surface area contributed by atoms with Crippen LogP contribution in [0.4, 0.5) is 0 Å². The Morgan fingerprint density at radius 3 is 2.53 bits per heavy atom. The maximum Gasteiger partial charge on any atom is 0.225 e. The highest BCUT2D eigenvalue weighted by molar-refractivity contribution is 5.79. The Morgan fingerprint density at radius 1 is 1.21 bits per heavy atom. The maximum absolute atomic E-state index is 12.2. The highest BCUT2D eigenvalue weighted by Crippen LogP contribution is 2.38. The van der Waals surface area contributed by atoms with Gasteiger partial charge < -0.3 is 15.2 Å². The first-order valence-corrected chi connectivity index (χ1v) is 7.82. The van der Waals surface area contributed by atoms with Crippen molar-refractivity contribution in [2.45, 2.75) is 75.6 Å². The molecule has 2 N–H and O–H groups in total. The lowest BCUT2D eigenvalue weighted by atomic mass is 9.88. The first-order valence-electron chi connectivity index (χ1n) is 7.82. The molecule has 0 aromatic rings. The van der Waals surface area contributed by atoms with Gasteiger partial charge in [-0.1, -0.05) is 25.7 Å². The van der Waals surface area contributed by atoms with Crippen LogP contribution in [0.25, 0.3) is 0 Å². The maximum atomic E-state index is 12.2. The summed E-state index contributed by atoms with van der Waals surface area (Å²) in [4.78, 5) is 12.2. The molecule has 4 nitrogen and oxygen atoms in total. The fraction of sp³-hybridized carbons (Fsp3) is 0.933. The van der Waals surface area contributed by atoms with Crippen molar-refractivity contribution in [3.05, 3.63) is 0 Å². The number of aliphatic hydroxyl groups is 1. The lowest BCUT2D eigenvalue weighted by Gasteiger charge is -2.28. The van der Waals surface area contributed by atoms with Crippen molar-refractivity contribution in [1.29, 1.82) is 0 Å². The lowest BCUT2D eigenvalue weighted by molar-refractivity contribution is -0.128. The number of hydrogen-bond donors (Lipinski definition) is 2. The van der Waals surface area contributed by atoms with Gasteiger partial charge in [-0.2, -0.15) is 0 Å². The molecule has 3 fully saturated rings. The third kappa shape index (κ3) is 2.95. The van der Waals surface area contributed by atoms with Crippen LogP contribution in [0.5, 0.6) is 0 Å². The number of ether oxygens (including phenoxy) is 1. The molecule has 3 aliphatic rings. The Labute approximate surface area is 114 Å². The number of nitrogens with one attached hydrogen (secondary N) is 1. The van der Waals surface area contributed by atoms with E-state index in [0.29, 0.717) is 12.6 Å². The minimum absolute atomic E-state index is 0.0214. The van der Waals surface area contributed by atoms with Crippen molar-refractivity contribution in [3.8, 4) is 0 Å². The Balaban J connectivity index is 1.50. The molecule has 0 spiro atoms. The van der Waals surface area contributed by atoms with Crippen molar-refractivity contribution in [1.82, 2.24) is 5.32 Å². The number of fused-ring (bicyclic) bond motifs is 2. The molecular formula is C15H25NO3. The molecule has 108 valence electrons. The van der Waals surface area contributed by atoms with Gasteiger partial charge in [0.1, 0.15) is 0 Å². The van der Waals surface area contributed by atoms with Crippen molar-refractivity contribution < 1.29 is 14.6 Å². The first-order chi connectivity index (χ1) is 9.16. The van der Waals surface area contributed by atoms with E-state index in [2.05, 4.69) is 5.32 Å². The summed E-state index contributed by atoms with van der Waals surface area (Å²) < 4.78 is 5.72. The van der Waals surface area contributed by atoms with Gasteiger partial charge in [0.25, 0.3) is 0 Å². The van der Waals surface area contributed by atoms with E-state index in [-0.39, 0.29) is 17.9 Å². The number of amides is 1. The van der Waals surface area contributed by atoms with Crippen LogP contribution in [0.3, 0.4) is 0 Å². The minimum Gasteiger partial charge on any atom is -0.388 e. The number of hydrogen-bond acceptors (Lipinski definition) is 3. The molecule has 0 aromatic heterocycles. The predicted octanol–water partition coefficient (Wildman–Crippen LogP) is 1.76. The van der Waals surface area contributed by atoms with Crippen molar-refractivity contribution >= 4 is 5.91 Å². The van der Waals surface area contributed by atoms with Crippen LogP contribution in [-0.2, 0) is 9.53 Å². The number of carbonyl (C=O) groups is 1. The normalized spacial score (nSPS) is 37.0. The molecule has 3 rings (SSSR count). The average molecular weight is 267 g/mol. The number of rotatable bonds is 3. The van der Waals surface area contributed by atoms with Crippen LogP contribution >= 0.6 is 0 Å². The summed E-state index contributed by atoms with van der Waals surface area (Å²) in [6, 6.07) is 0. The SMILES string of the molecule is O=C(NCC1(O)CCCCCC1)[C@@H]1C[C@H]2CC[C@H]1O2. The van der Waals surface area contributed by atoms with Gasteiger partial charge in [0.05, 0.1) is 23.7 Å². The number of carbonyl (C=O) groups excluding carboxylic acids is 1. The summed E-state index contributed by atoms with van der Waals surface area (Å²) >= 11 is 0. The Kier molecular flexibility index (Phi) is 3.81. The van der Waals surface area contributed by atoms with E-state index < -0.39 is 5.60 Å². The zero-order valence-electron chi connectivity index (χ0n) is 11.6. The zero-order chi connectivity index (χ0) is 13.3. The molecule has 3 atom stereocenters. The smallest absolute Gasteiger partial charge is 0.225 e. The molecule has 2 aliphatic heterocycles. The molecule has 2 saturated heterocycles. The van der Waals surface area contributed by atoms with Gasteiger partial charge >= 0.3 is 0 Å². The van der Waals surface area contributed by atoms with Gasteiger partial charge in [-0.05, 0) is 32.1 Å². The standard InChI is InChI=1S/C15H25NO3/c17-14(12-9-11-5-6-13(12)19-11)16-10-15(18)7-3-1-2-4-8-15/h11-13,18H,1-10H2,(H,16,17)/t11-,12-,13-/m1/s1. The second-order valence-corrected chi connectivity index (χ2v) is 6.57. The Hall–Kier alpha value is -0.610. The highest BCUT2D eigenvalue weighted by atomic mass is 16.5. The monoisotopic (exact) mass is 267 g/mol. The second kappa shape index (κ2) is 5.41. The topological polar surface area (TPSA) is 58.6 Å². The van der Waals surface area contributed by atoms with E-state index in [1.165, 1.54) is 12.8 Å². The van der Waals surface area contributed by atoms with Crippen LogP contribution in [0.15, 0.2) is 0 Å². The van der Waals surface area contributed by atoms with Crippen molar-refractivity contribution in [2.24, 2.45) is 5.92 Å². The van der Waals surface area contributed by atoms with E-state index in [1.54, 1.807) is 0 Å². The molecule has 2 heterocycles. The zero-order valence-corrected chi connectivity index (χ0v) is 11.6. The quantitative estimate of drug-likeness (QED) is 0.766. The van der Waals surface area contributed by atoms with E-state index in [0.717, 1.165) is 44.9 Å². The fourth-order valence-corrected chi connectivity index (χ4v) is 3.86. The predicted molar refractivity (Wildman–Crippen MR) is 71.7 cm³/mol. The third-order valence-corrected chi connectivity index (χ3v) is 5.07. The summed E-state index contributed by atoms with van der Waals surface area (Å²) in [5, 5.41) is 13.5. The summed E-state index contributed by atoms with van der Waals surface area (Å²) in [6.07, 6.45) is 9.64. The van der Waals surface area contributed by atoms with E-state index in [4.69, 9.17) is 4.74 Å². The molecular weight excluding hydrogens is 242 g/mol. The molecule has 2 bridgehead atoms. The van der Waals surface area contributed by atoms with Crippen LogP contribution < -0.4 is 5.32 Å². The first kappa shape index (κ1) is 13.4. The van der Waals surface area contributed by atoms with Crippen molar-refractivity contribution in [2.75, 3.05) is 6.54 Å². The van der Waals surface area contributed by atoms with Crippen LogP contribution in [-0.4, -0.2) is 35.4 Å². The molecule has 1 saturated carbocycles. The highest BCUT2D eigenvalue weighted by Gasteiger charge is 2.44. The minimum atomic E-state index is -0.676. The molecule has 4 heteroatoms. The van der Waals surface area contributed by atoms with Crippen LogP contribution in [0.1, 0.15) is 57.8 Å². The molecule has 0 aromatic carbocycles. The second-order valence-electron chi connectivity index (χ2n) is 6.57. The van der Waals surface area contributed by atoms with Gasteiger partial charge in [-0.3, -0.25) is 4.79 Å². The summed E-state index contributed by atoms with van der Waals surface area (Å²) in [7, 11) is 0. The van der Waals surface area contributed by atoms with E-state index in [1.807, 2.05) is 0 Å². The summed E-state index contributed by atoms with van der Waals surface area (Å²) in [6.45, 7) is 0.416. The fourth-order valence-electron chi connectivity index (χ4n) is 3.86. The van der Waals surface area contributed by atoms with Gasteiger partial charge in [-0.25, -0.2) is 0 Å². The molecule has 0 radical (unpaired) electrons. The van der Waals surface area contributed by atoms with E-state index in [9.17, 15) is 9.90 Å². The van der Waals surface area contributed by atoms with Gasteiger partial charge in [0.2, 0.25) is 5.91 Å². The largest absolute Gasteiger partial charge is 0.388 e. The van der Waals surface area contributed by atoms with Crippen molar-refractivity contribution in [3.63, 3.8) is 0 Å². The Morgan fingerprint density at radius 2 is 1.95 bits per heavy atom. The summed E-state index contributed by atoms with van der Waals surface area (Å²) in [5.74, 6) is 0.109. The van der Waals surface area contributed by atoms with Gasteiger partial charge in [-0.15, -0.1) is 0 Å². The van der Waals surface area contributed by atoms with E-state index >= 15 is 0 Å². The molecule has 19 heavy (non-hydrogen) atoms. The van der Waals surface area contributed by atoms with Gasteiger partial charge in [0.15, 0.2) is 0 Å². The van der Waals surface area contributed by atoms with Crippen LogP contribution in [0.2, 0.25) is 0 Å². The molecule has 1 aliphatic carbocycles.